The van der Waals surface area contributed by atoms with Gasteiger partial charge in [-0.1, -0.05) is 29.7 Å². The molecule has 0 unspecified atom stereocenters. The molecule has 2 aromatic rings. The Morgan fingerprint density at radius 2 is 2.24 bits per heavy atom. The smallest absolute Gasteiger partial charge is 0.318 e. The molecule has 1 aromatic heterocycles. The van der Waals surface area contributed by atoms with Crippen molar-refractivity contribution in [1.29, 1.82) is 0 Å². The van der Waals surface area contributed by atoms with Gasteiger partial charge in [-0.15, -0.1) is 0 Å². The lowest BCUT2D eigenvalue weighted by atomic mass is 9.95. The van der Waals surface area contributed by atoms with E-state index in [0.29, 0.717) is 6.61 Å². The molecule has 0 radical (unpaired) electrons. The van der Waals surface area contributed by atoms with Gasteiger partial charge in [0.1, 0.15) is 14.5 Å². The first-order valence-corrected chi connectivity index (χ1v) is 5.11. The van der Waals surface area contributed by atoms with Crippen molar-refractivity contribution in [3.05, 3.63) is 41.8 Å². The lowest BCUT2D eigenvalue weighted by Gasteiger charge is -2.05. The van der Waals surface area contributed by atoms with E-state index in [1.165, 1.54) is 0 Å². The zero-order valence-corrected chi connectivity index (χ0v) is 9.35. The van der Waals surface area contributed by atoms with Gasteiger partial charge < -0.3 is 10.5 Å². The Kier molecular flexibility index (Phi) is 3.23. The zero-order valence-electron chi connectivity index (χ0n) is 9.35. The first kappa shape index (κ1) is 11.4. The Morgan fingerprint density at radius 1 is 1.41 bits per heavy atom. The van der Waals surface area contributed by atoms with E-state index in [4.69, 9.17) is 10.5 Å². The van der Waals surface area contributed by atoms with Gasteiger partial charge in [0.05, 0.1) is 6.20 Å². The zero-order chi connectivity index (χ0) is 12.3. The molecule has 0 bridgehead atoms. The number of nitrogens with two attached hydrogens (primary N) is 1. The van der Waals surface area contributed by atoms with Gasteiger partial charge >= 0.3 is 6.01 Å². The molecule has 6 heteroatoms. The van der Waals surface area contributed by atoms with E-state index >= 15 is 0 Å². The van der Waals surface area contributed by atoms with Crippen LogP contribution in [0.15, 0.2) is 30.5 Å². The van der Waals surface area contributed by atoms with Crippen molar-refractivity contribution >= 4 is 19.1 Å². The number of benzene rings is 1. The molecule has 4 nitrogen and oxygen atoms in total. The van der Waals surface area contributed by atoms with Gasteiger partial charge in [-0.05, 0) is 5.56 Å². The van der Waals surface area contributed by atoms with E-state index in [9.17, 15) is 4.39 Å². The summed E-state index contributed by atoms with van der Waals surface area (Å²) in [7, 11) is 2.00. The fourth-order valence-electron chi connectivity index (χ4n) is 1.38. The number of ether oxygens (including phenoxy) is 1. The van der Waals surface area contributed by atoms with Gasteiger partial charge in [0.15, 0.2) is 11.6 Å². The summed E-state index contributed by atoms with van der Waals surface area (Å²) in [5.41, 5.74) is 7.45. The van der Waals surface area contributed by atoms with E-state index in [1.807, 2.05) is 32.1 Å². The van der Waals surface area contributed by atoms with Gasteiger partial charge in [-0.2, -0.15) is 4.98 Å². The number of nitrogen functional groups attached to an aromatic ring is 1. The van der Waals surface area contributed by atoms with E-state index < -0.39 is 5.82 Å². The highest BCUT2D eigenvalue weighted by Crippen LogP contribution is 2.10. The molecular weight excluding hydrogens is 220 g/mol. The first-order valence-electron chi connectivity index (χ1n) is 5.11. The van der Waals surface area contributed by atoms with Crippen LogP contribution in [0.2, 0.25) is 0 Å². The quantitative estimate of drug-likeness (QED) is 0.757. The lowest BCUT2D eigenvalue weighted by Crippen LogP contribution is -2.06. The Hall–Kier alpha value is -2.11. The normalized spacial score (nSPS) is 10.2. The summed E-state index contributed by atoms with van der Waals surface area (Å²) in [6, 6.07) is 7.93. The third kappa shape index (κ3) is 2.93. The van der Waals surface area contributed by atoms with Crippen molar-refractivity contribution in [3.63, 3.8) is 0 Å². The topological polar surface area (TPSA) is 61.0 Å². The van der Waals surface area contributed by atoms with Crippen LogP contribution in [0.1, 0.15) is 5.56 Å². The maximum atomic E-state index is 12.8. The largest absolute Gasteiger partial charge is 0.459 e. The number of halogens is 1. The van der Waals surface area contributed by atoms with Crippen LogP contribution in [0.3, 0.4) is 0 Å². The summed E-state index contributed by atoms with van der Waals surface area (Å²) in [5, 5.41) is 0. The molecule has 0 saturated carbocycles. The van der Waals surface area contributed by atoms with Crippen molar-refractivity contribution in [1.82, 2.24) is 9.97 Å². The summed E-state index contributed by atoms with van der Waals surface area (Å²) in [4.78, 5) is 7.37. The molecule has 2 N–H and O–H groups in total. The minimum atomic E-state index is -0.645. The highest BCUT2D eigenvalue weighted by Gasteiger charge is 2.04. The standard InChI is InChI=1S/C11H11BFN3O/c12-8-3-1-2-7(4-8)6-17-11-15-5-9(13)10(14)16-11/h1-5H,6,12H2,(H2,14,15,16). The molecule has 17 heavy (non-hydrogen) atoms. The molecule has 0 aliphatic rings. The first-order chi connectivity index (χ1) is 8.15. The highest BCUT2D eigenvalue weighted by atomic mass is 19.1. The predicted octanol–water partition coefficient (Wildman–Crippen LogP) is 0.0353. The fourth-order valence-corrected chi connectivity index (χ4v) is 1.38. The Bertz CT molecular complexity index is 536. The molecule has 0 spiro atoms. The molecule has 0 saturated heterocycles. The molecule has 0 amide bonds. The highest BCUT2D eigenvalue weighted by molar-refractivity contribution is 6.32. The molecule has 86 valence electrons. The van der Waals surface area contributed by atoms with Crippen LogP contribution in [0.25, 0.3) is 0 Å². The Labute approximate surface area is 99.1 Å². The van der Waals surface area contributed by atoms with Crippen LogP contribution in [-0.2, 0) is 6.61 Å². The average Bonchev–Trinajstić information content (AvgIpc) is 2.31. The number of aromatic nitrogens is 2. The molecule has 0 aliphatic carbocycles. The minimum Gasteiger partial charge on any atom is -0.459 e. The Balaban J connectivity index is 2.05. The van der Waals surface area contributed by atoms with Crippen LogP contribution >= 0.6 is 0 Å². The monoisotopic (exact) mass is 231 g/mol. The van der Waals surface area contributed by atoms with Crippen molar-refractivity contribution in [2.75, 3.05) is 5.73 Å². The second-order valence-corrected chi connectivity index (χ2v) is 3.66. The molecule has 0 atom stereocenters. The predicted molar refractivity (Wildman–Crippen MR) is 65.4 cm³/mol. The third-order valence-electron chi connectivity index (χ3n) is 2.20. The molecule has 0 aliphatic heterocycles. The lowest BCUT2D eigenvalue weighted by molar-refractivity contribution is 0.280. The van der Waals surface area contributed by atoms with Crippen LogP contribution in [0.4, 0.5) is 10.2 Å². The summed E-state index contributed by atoms with van der Waals surface area (Å²) in [6.45, 7) is 0.326. The second-order valence-electron chi connectivity index (χ2n) is 3.66. The van der Waals surface area contributed by atoms with E-state index in [0.717, 1.165) is 17.2 Å². The molecule has 2 rings (SSSR count). The van der Waals surface area contributed by atoms with Crippen molar-refractivity contribution in [2.45, 2.75) is 6.61 Å². The van der Waals surface area contributed by atoms with Crippen molar-refractivity contribution < 1.29 is 9.13 Å². The van der Waals surface area contributed by atoms with E-state index in [2.05, 4.69) is 9.97 Å². The summed E-state index contributed by atoms with van der Waals surface area (Å²) < 4.78 is 18.1. The van der Waals surface area contributed by atoms with Crippen LogP contribution in [0.5, 0.6) is 6.01 Å². The maximum Gasteiger partial charge on any atom is 0.318 e. The SMILES string of the molecule is Bc1cccc(COc2ncc(F)c(N)n2)c1. The Morgan fingerprint density at radius 3 is 2.94 bits per heavy atom. The van der Waals surface area contributed by atoms with E-state index in [-0.39, 0.29) is 11.8 Å². The number of hydrogen-bond donors (Lipinski definition) is 1. The molecule has 0 fully saturated rings. The number of nitrogens with zero attached hydrogens (tertiary/aromatic N) is 2. The van der Waals surface area contributed by atoms with E-state index in [1.54, 1.807) is 0 Å². The van der Waals surface area contributed by atoms with Gasteiger partial charge in [0.25, 0.3) is 0 Å². The van der Waals surface area contributed by atoms with Crippen molar-refractivity contribution in [3.8, 4) is 6.01 Å². The maximum absolute atomic E-state index is 12.8. The van der Waals surface area contributed by atoms with Gasteiger partial charge in [-0.3, -0.25) is 0 Å². The van der Waals surface area contributed by atoms with Crippen LogP contribution < -0.4 is 15.9 Å². The molecular formula is C11H11BFN3O. The summed E-state index contributed by atoms with van der Waals surface area (Å²) in [5.74, 6) is -0.854. The van der Waals surface area contributed by atoms with Crippen LogP contribution in [-0.4, -0.2) is 17.8 Å². The van der Waals surface area contributed by atoms with Crippen LogP contribution in [0, 0.1) is 5.82 Å². The summed E-state index contributed by atoms with van der Waals surface area (Å²) >= 11 is 0. The number of hydrogen-bond acceptors (Lipinski definition) is 4. The fraction of sp³-hybridized carbons (Fsp3) is 0.0909. The van der Waals surface area contributed by atoms with Gasteiger partial charge in [0.2, 0.25) is 0 Å². The minimum absolute atomic E-state index is 0.0745. The third-order valence-corrected chi connectivity index (χ3v) is 2.20. The molecule has 1 aromatic carbocycles. The average molecular weight is 231 g/mol. The van der Waals surface area contributed by atoms with Crippen molar-refractivity contribution in [2.24, 2.45) is 0 Å². The van der Waals surface area contributed by atoms with Gasteiger partial charge in [0, 0.05) is 0 Å². The summed E-state index contributed by atoms with van der Waals surface area (Å²) in [6.07, 6.45) is 0.994. The number of anilines is 1. The number of rotatable bonds is 3. The molecule has 1 heterocycles. The van der Waals surface area contributed by atoms with Gasteiger partial charge in [-0.25, -0.2) is 9.37 Å². The second kappa shape index (κ2) is 4.82.